The number of rotatable bonds is 5. The number of benzene rings is 2. The predicted molar refractivity (Wildman–Crippen MR) is 121 cm³/mol. The summed E-state index contributed by atoms with van der Waals surface area (Å²) in [6, 6.07) is 19.0. The molecule has 0 spiro atoms. The van der Waals surface area contributed by atoms with Gasteiger partial charge in [-0.05, 0) is 71.8 Å². The summed E-state index contributed by atoms with van der Waals surface area (Å²) < 4.78 is 0. The van der Waals surface area contributed by atoms with E-state index in [1.807, 2.05) is 30.3 Å². The first-order chi connectivity index (χ1) is 13.6. The molecule has 0 amide bonds. The van der Waals surface area contributed by atoms with E-state index >= 15 is 0 Å². The van der Waals surface area contributed by atoms with Gasteiger partial charge in [-0.15, -0.1) is 11.3 Å². The van der Waals surface area contributed by atoms with Gasteiger partial charge in [0.2, 0.25) is 0 Å². The van der Waals surface area contributed by atoms with Gasteiger partial charge in [0, 0.05) is 35.5 Å². The quantitative estimate of drug-likeness (QED) is 0.388. The van der Waals surface area contributed by atoms with Gasteiger partial charge in [0.25, 0.3) is 0 Å². The van der Waals surface area contributed by atoms with E-state index in [1.54, 1.807) is 0 Å². The summed E-state index contributed by atoms with van der Waals surface area (Å²) in [5.41, 5.74) is 10.3. The molecule has 0 radical (unpaired) electrons. The van der Waals surface area contributed by atoms with Gasteiger partial charge in [-0.25, -0.2) is 0 Å². The van der Waals surface area contributed by atoms with Gasteiger partial charge < -0.3 is 16.0 Å². The SMILES string of the molecule is N=C(N)c1cc(-c2cccc(N3CCC(Nc4ccc(Cl)cc4)CC3)c2)cs1. The largest absolute Gasteiger partial charge is 0.383 e. The number of piperidine rings is 1. The third kappa shape index (κ3) is 4.32. The van der Waals surface area contributed by atoms with Crippen molar-refractivity contribution in [3.8, 4) is 11.1 Å². The molecule has 1 aliphatic heterocycles. The monoisotopic (exact) mass is 410 g/mol. The van der Waals surface area contributed by atoms with Crippen molar-refractivity contribution in [1.29, 1.82) is 5.41 Å². The zero-order valence-corrected chi connectivity index (χ0v) is 17.1. The number of amidine groups is 1. The number of nitrogen functional groups attached to an aromatic ring is 1. The number of thiophene rings is 1. The van der Waals surface area contributed by atoms with Gasteiger partial charge in [0.15, 0.2) is 0 Å². The second-order valence-corrected chi connectivity index (χ2v) is 8.42. The van der Waals surface area contributed by atoms with Crippen LogP contribution < -0.4 is 16.0 Å². The maximum absolute atomic E-state index is 7.59. The number of nitrogens with two attached hydrogens (primary N) is 1. The van der Waals surface area contributed by atoms with Crippen LogP contribution in [0.1, 0.15) is 17.7 Å². The Bertz CT molecular complexity index is 959. The molecule has 144 valence electrons. The normalized spacial score (nSPS) is 14.8. The smallest absolute Gasteiger partial charge is 0.133 e. The maximum atomic E-state index is 7.59. The van der Waals surface area contributed by atoms with Gasteiger partial charge in [-0.2, -0.15) is 0 Å². The molecule has 1 fully saturated rings. The highest BCUT2D eigenvalue weighted by atomic mass is 35.5. The van der Waals surface area contributed by atoms with E-state index in [1.165, 1.54) is 22.6 Å². The summed E-state index contributed by atoms with van der Waals surface area (Å²) in [5.74, 6) is 0.127. The van der Waals surface area contributed by atoms with Crippen LogP contribution in [0, 0.1) is 5.41 Å². The molecule has 1 aliphatic rings. The fraction of sp³-hybridized carbons (Fsp3) is 0.227. The van der Waals surface area contributed by atoms with Crippen LogP contribution in [0.15, 0.2) is 60.0 Å². The van der Waals surface area contributed by atoms with Crippen molar-refractivity contribution in [3.63, 3.8) is 0 Å². The Morgan fingerprint density at radius 1 is 1.07 bits per heavy atom. The Hall–Kier alpha value is -2.50. The van der Waals surface area contributed by atoms with Crippen molar-refractivity contribution in [1.82, 2.24) is 0 Å². The van der Waals surface area contributed by atoms with E-state index < -0.39 is 0 Å². The molecular formula is C22H23ClN4S. The molecule has 1 aromatic heterocycles. The van der Waals surface area contributed by atoms with Crippen molar-refractivity contribution < 1.29 is 0 Å². The molecule has 1 saturated heterocycles. The van der Waals surface area contributed by atoms with E-state index in [9.17, 15) is 0 Å². The van der Waals surface area contributed by atoms with E-state index in [0.717, 1.165) is 47.1 Å². The van der Waals surface area contributed by atoms with E-state index in [2.05, 4.69) is 39.9 Å². The number of anilines is 2. The van der Waals surface area contributed by atoms with Crippen molar-refractivity contribution in [2.24, 2.45) is 5.73 Å². The minimum absolute atomic E-state index is 0.127. The second kappa shape index (κ2) is 8.25. The molecule has 3 aromatic rings. The zero-order chi connectivity index (χ0) is 19.5. The molecule has 0 aliphatic carbocycles. The molecule has 0 saturated carbocycles. The summed E-state index contributed by atoms with van der Waals surface area (Å²) in [6.45, 7) is 2.05. The second-order valence-electron chi connectivity index (χ2n) is 7.08. The molecule has 4 N–H and O–H groups in total. The number of halogens is 1. The molecule has 28 heavy (non-hydrogen) atoms. The maximum Gasteiger partial charge on any atom is 0.133 e. The summed E-state index contributed by atoms with van der Waals surface area (Å²) in [7, 11) is 0. The first kappa shape index (κ1) is 18.8. The molecular weight excluding hydrogens is 388 g/mol. The lowest BCUT2D eigenvalue weighted by Crippen LogP contribution is -2.39. The topological polar surface area (TPSA) is 65.1 Å². The minimum Gasteiger partial charge on any atom is -0.383 e. The van der Waals surface area contributed by atoms with Crippen LogP contribution in [0.25, 0.3) is 11.1 Å². The Morgan fingerprint density at radius 3 is 2.50 bits per heavy atom. The van der Waals surface area contributed by atoms with Crippen LogP contribution in [0.3, 0.4) is 0 Å². The van der Waals surface area contributed by atoms with Gasteiger partial charge in [0.1, 0.15) is 5.84 Å². The molecule has 6 heteroatoms. The van der Waals surface area contributed by atoms with Crippen LogP contribution in [-0.2, 0) is 0 Å². The molecule has 4 nitrogen and oxygen atoms in total. The summed E-state index contributed by atoms with van der Waals surface area (Å²) in [6.07, 6.45) is 2.19. The van der Waals surface area contributed by atoms with Gasteiger partial charge in [0.05, 0.1) is 4.88 Å². The highest BCUT2D eigenvalue weighted by molar-refractivity contribution is 7.12. The van der Waals surface area contributed by atoms with Crippen LogP contribution in [0.5, 0.6) is 0 Å². The Kier molecular flexibility index (Phi) is 5.55. The highest BCUT2D eigenvalue weighted by Crippen LogP contribution is 2.30. The third-order valence-corrected chi connectivity index (χ3v) is 6.33. The van der Waals surface area contributed by atoms with Crippen LogP contribution in [0.2, 0.25) is 5.02 Å². The molecule has 0 unspecified atom stereocenters. The highest BCUT2D eigenvalue weighted by Gasteiger charge is 2.19. The lowest BCUT2D eigenvalue weighted by molar-refractivity contribution is 0.527. The third-order valence-electron chi connectivity index (χ3n) is 5.12. The molecule has 0 bridgehead atoms. The van der Waals surface area contributed by atoms with Crippen LogP contribution in [0.4, 0.5) is 11.4 Å². The Balaban J connectivity index is 1.40. The average Bonchev–Trinajstić information content (AvgIpc) is 3.21. The summed E-state index contributed by atoms with van der Waals surface area (Å²) in [5, 5.41) is 14.0. The first-order valence-electron chi connectivity index (χ1n) is 9.39. The lowest BCUT2D eigenvalue weighted by atomic mass is 10.0. The lowest BCUT2D eigenvalue weighted by Gasteiger charge is -2.34. The zero-order valence-electron chi connectivity index (χ0n) is 15.5. The fourth-order valence-electron chi connectivity index (χ4n) is 3.57. The predicted octanol–water partition coefficient (Wildman–Crippen LogP) is 5.43. The van der Waals surface area contributed by atoms with Gasteiger partial charge in [-0.1, -0.05) is 23.7 Å². The Morgan fingerprint density at radius 2 is 1.82 bits per heavy atom. The fourth-order valence-corrected chi connectivity index (χ4v) is 4.48. The molecule has 2 heterocycles. The van der Waals surface area contributed by atoms with Crippen molar-refractivity contribution in [3.05, 3.63) is 69.9 Å². The van der Waals surface area contributed by atoms with E-state index in [4.69, 9.17) is 22.7 Å². The average molecular weight is 411 g/mol. The molecule has 0 atom stereocenters. The van der Waals surface area contributed by atoms with Crippen LogP contribution in [-0.4, -0.2) is 25.0 Å². The molecule has 2 aromatic carbocycles. The van der Waals surface area contributed by atoms with Gasteiger partial charge in [-0.3, -0.25) is 5.41 Å². The van der Waals surface area contributed by atoms with Crippen molar-refractivity contribution in [2.45, 2.75) is 18.9 Å². The van der Waals surface area contributed by atoms with E-state index in [-0.39, 0.29) is 5.84 Å². The number of hydrogen-bond donors (Lipinski definition) is 3. The minimum atomic E-state index is 0.127. The standard InChI is InChI=1S/C22H23ClN4S/c23-17-4-6-18(7-5-17)26-19-8-10-27(11-9-19)20-3-1-2-15(12-20)16-13-21(22(24)25)28-14-16/h1-7,12-14,19,26H,8-11H2,(H3,24,25). The Labute approximate surface area is 174 Å². The number of nitrogens with one attached hydrogen (secondary N) is 2. The number of nitrogens with zero attached hydrogens (tertiary/aromatic N) is 1. The van der Waals surface area contributed by atoms with Crippen LogP contribution >= 0.6 is 22.9 Å². The first-order valence-corrected chi connectivity index (χ1v) is 10.6. The van der Waals surface area contributed by atoms with Crippen molar-refractivity contribution in [2.75, 3.05) is 23.3 Å². The summed E-state index contributed by atoms with van der Waals surface area (Å²) in [4.78, 5) is 3.26. The van der Waals surface area contributed by atoms with E-state index in [0.29, 0.717) is 6.04 Å². The molecule has 4 rings (SSSR count). The van der Waals surface area contributed by atoms with Gasteiger partial charge >= 0.3 is 0 Å². The number of hydrogen-bond acceptors (Lipinski definition) is 4. The summed E-state index contributed by atoms with van der Waals surface area (Å²) >= 11 is 7.48. The van der Waals surface area contributed by atoms with Crippen molar-refractivity contribution >= 4 is 40.1 Å².